The van der Waals surface area contributed by atoms with Gasteiger partial charge in [0.15, 0.2) is 0 Å². The lowest BCUT2D eigenvalue weighted by Gasteiger charge is -2.31. The third-order valence-corrected chi connectivity index (χ3v) is 3.03. The molecule has 1 aliphatic rings. The third kappa shape index (κ3) is 3.08. The van der Waals surface area contributed by atoms with E-state index in [2.05, 4.69) is 5.32 Å². The summed E-state index contributed by atoms with van der Waals surface area (Å²) in [6, 6.07) is 2.43. The van der Waals surface area contributed by atoms with Crippen LogP contribution in [-0.4, -0.2) is 59.5 Å². The van der Waals surface area contributed by atoms with Crippen molar-refractivity contribution in [3.05, 3.63) is 23.7 Å². The fraction of sp³-hybridized carbons (Fsp3) is 0.417. The lowest BCUT2D eigenvalue weighted by molar-refractivity contribution is -0.133. The van der Waals surface area contributed by atoms with Gasteiger partial charge in [0.05, 0.1) is 6.54 Å². The van der Waals surface area contributed by atoms with Crippen molar-refractivity contribution in [1.29, 1.82) is 0 Å². The number of urea groups is 1. The molecule has 3 amide bonds. The van der Waals surface area contributed by atoms with Gasteiger partial charge in [0.1, 0.15) is 12.3 Å². The van der Waals surface area contributed by atoms with Crippen molar-refractivity contribution >= 4 is 17.9 Å². The van der Waals surface area contributed by atoms with Crippen LogP contribution in [0.4, 0.5) is 4.79 Å². The summed E-state index contributed by atoms with van der Waals surface area (Å²) < 4.78 is 5.01. The summed E-state index contributed by atoms with van der Waals surface area (Å²) in [5.74, 6) is -1.11. The molecule has 1 aromatic rings. The number of rotatable bonds is 3. The van der Waals surface area contributed by atoms with Crippen LogP contribution < -0.4 is 5.32 Å². The molecule has 0 atom stereocenters. The number of carboxylic acid groups (broad SMARTS) is 1. The molecule has 8 nitrogen and oxygen atoms in total. The topological polar surface area (TPSA) is 103 Å². The molecule has 0 unspecified atom stereocenters. The van der Waals surface area contributed by atoms with Crippen LogP contribution in [0, 0.1) is 0 Å². The SMILES string of the molecule is CN1CCN(C(=O)NCc2ccc(C(=O)O)o2)CC1=O. The lowest BCUT2D eigenvalue weighted by atomic mass is 10.3. The number of amides is 3. The molecule has 0 radical (unpaired) electrons. The lowest BCUT2D eigenvalue weighted by Crippen LogP contribution is -2.53. The summed E-state index contributed by atoms with van der Waals surface area (Å²) in [4.78, 5) is 36.9. The van der Waals surface area contributed by atoms with E-state index in [0.29, 0.717) is 18.8 Å². The van der Waals surface area contributed by atoms with Crippen molar-refractivity contribution < 1.29 is 23.9 Å². The zero-order chi connectivity index (χ0) is 14.7. The van der Waals surface area contributed by atoms with Gasteiger partial charge < -0.3 is 24.6 Å². The molecule has 1 aliphatic heterocycles. The van der Waals surface area contributed by atoms with Gasteiger partial charge in [-0.2, -0.15) is 0 Å². The van der Waals surface area contributed by atoms with Crippen molar-refractivity contribution in [1.82, 2.24) is 15.1 Å². The Morgan fingerprint density at radius 3 is 2.75 bits per heavy atom. The molecule has 0 bridgehead atoms. The number of piperazine rings is 1. The second kappa shape index (κ2) is 5.64. The van der Waals surface area contributed by atoms with Gasteiger partial charge in [0, 0.05) is 20.1 Å². The second-order valence-electron chi connectivity index (χ2n) is 4.47. The van der Waals surface area contributed by atoms with Gasteiger partial charge >= 0.3 is 12.0 Å². The predicted octanol–water partition coefficient (Wildman–Crippen LogP) is -0.0386. The maximum Gasteiger partial charge on any atom is 0.371 e. The highest BCUT2D eigenvalue weighted by Crippen LogP contribution is 2.08. The summed E-state index contributed by atoms with van der Waals surface area (Å²) in [5, 5.41) is 11.3. The Hall–Kier alpha value is -2.51. The number of carbonyl (C=O) groups excluding carboxylic acids is 2. The minimum Gasteiger partial charge on any atom is -0.475 e. The van der Waals surface area contributed by atoms with Gasteiger partial charge in [0.2, 0.25) is 11.7 Å². The molecule has 0 aromatic carbocycles. The van der Waals surface area contributed by atoms with Gasteiger partial charge in [-0.05, 0) is 12.1 Å². The normalized spacial score (nSPS) is 15.3. The Bertz CT molecular complexity index is 539. The number of nitrogens with zero attached hydrogens (tertiary/aromatic N) is 2. The van der Waals surface area contributed by atoms with E-state index in [1.807, 2.05) is 0 Å². The van der Waals surface area contributed by atoms with Crippen molar-refractivity contribution in [2.45, 2.75) is 6.54 Å². The second-order valence-corrected chi connectivity index (χ2v) is 4.47. The van der Waals surface area contributed by atoms with E-state index < -0.39 is 5.97 Å². The minimum atomic E-state index is -1.16. The number of aromatic carboxylic acids is 1. The standard InChI is InChI=1S/C12H15N3O5/c1-14-4-5-15(7-10(14)16)12(19)13-6-8-2-3-9(20-8)11(17)18/h2-3H,4-7H2,1H3,(H,13,19)(H,17,18). The molecule has 0 spiro atoms. The molecule has 108 valence electrons. The van der Waals surface area contributed by atoms with Crippen LogP contribution in [0.1, 0.15) is 16.3 Å². The number of nitrogens with one attached hydrogen (secondary N) is 1. The highest BCUT2D eigenvalue weighted by molar-refractivity contribution is 5.85. The molecule has 20 heavy (non-hydrogen) atoms. The van der Waals surface area contributed by atoms with Crippen molar-refractivity contribution in [2.24, 2.45) is 0 Å². The van der Waals surface area contributed by atoms with Crippen LogP contribution in [0.2, 0.25) is 0 Å². The summed E-state index contributed by atoms with van der Waals surface area (Å²) in [6.45, 7) is 1.08. The van der Waals surface area contributed by atoms with Gasteiger partial charge in [-0.25, -0.2) is 9.59 Å². The third-order valence-electron chi connectivity index (χ3n) is 3.03. The highest BCUT2D eigenvalue weighted by atomic mass is 16.4. The number of likely N-dealkylation sites (N-methyl/N-ethyl adjacent to an activating group) is 1. The van der Waals surface area contributed by atoms with Crippen molar-refractivity contribution in [3.63, 3.8) is 0 Å². The van der Waals surface area contributed by atoms with E-state index in [1.54, 1.807) is 11.9 Å². The Balaban J connectivity index is 1.85. The predicted molar refractivity (Wildman–Crippen MR) is 67.1 cm³/mol. The molecule has 0 saturated carbocycles. The maximum absolute atomic E-state index is 11.9. The Kier molecular flexibility index (Phi) is 3.92. The molecule has 1 aromatic heterocycles. The first-order chi connectivity index (χ1) is 9.47. The molecule has 8 heteroatoms. The Morgan fingerprint density at radius 1 is 1.40 bits per heavy atom. The molecular weight excluding hydrogens is 266 g/mol. The summed E-state index contributed by atoms with van der Waals surface area (Å²) in [7, 11) is 1.69. The molecule has 2 heterocycles. The minimum absolute atomic E-state index is 0.0425. The van der Waals surface area contributed by atoms with E-state index in [9.17, 15) is 14.4 Å². The van der Waals surface area contributed by atoms with Gasteiger partial charge in [-0.15, -0.1) is 0 Å². The van der Waals surface area contributed by atoms with E-state index in [-0.39, 0.29) is 30.8 Å². The number of hydrogen-bond donors (Lipinski definition) is 2. The van der Waals surface area contributed by atoms with Crippen molar-refractivity contribution in [3.8, 4) is 0 Å². The van der Waals surface area contributed by atoms with Gasteiger partial charge in [-0.1, -0.05) is 0 Å². The molecular formula is C12H15N3O5. The number of carbonyl (C=O) groups is 3. The summed E-state index contributed by atoms with van der Waals surface area (Å²) in [6.07, 6.45) is 0. The van der Waals surface area contributed by atoms with Gasteiger partial charge in [-0.3, -0.25) is 4.79 Å². The van der Waals surface area contributed by atoms with E-state index in [0.717, 1.165) is 0 Å². The fourth-order valence-electron chi connectivity index (χ4n) is 1.79. The first kappa shape index (κ1) is 13.9. The van der Waals surface area contributed by atoms with Gasteiger partial charge in [0.25, 0.3) is 0 Å². The zero-order valence-electron chi connectivity index (χ0n) is 11.0. The average Bonchev–Trinajstić information content (AvgIpc) is 2.88. The molecule has 1 fully saturated rings. The highest BCUT2D eigenvalue weighted by Gasteiger charge is 2.24. The number of furan rings is 1. The molecule has 1 saturated heterocycles. The van der Waals surface area contributed by atoms with Crippen LogP contribution in [-0.2, 0) is 11.3 Å². The average molecular weight is 281 g/mol. The largest absolute Gasteiger partial charge is 0.475 e. The zero-order valence-corrected chi connectivity index (χ0v) is 11.0. The Labute approximate surface area is 114 Å². The van der Waals surface area contributed by atoms with Crippen LogP contribution in [0.25, 0.3) is 0 Å². The number of carboxylic acids is 1. The van der Waals surface area contributed by atoms with Crippen LogP contribution in [0.3, 0.4) is 0 Å². The molecule has 2 N–H and O–H groups in total. The molecule has 2 rings (SSSR count). The van der Waals surface area contributed by atoms with E-state index in [4.69, 9.17) is 9.52 Å². The maximum atomic E-state index is 11.9. The van der Waals surface area contributed by atoms with Crippen LogP contribution in [0.5, 0.6) is 0 Å². The van der Waals surface area contributed by atoms with Crippen LogP contribution >= 0.6 is 0 Å². The summed E-state index contributed by atoms with van der Waals surface area (Å²) in [5.41, 5.74) is 0. The van der Waals surface area contributed by atoms with E-state index >= 15 is 0 Å². The first-order valence-corrected chi connectivity index (χ1v) is 6.06. The first-order valence-electron chi connectivity index (χ1n) is 6.06. The molecule has 0 aliphatic carbocycles. The van der Waals surface area contributed by atoms with Crippen LogP contribution in [0.15, 0.2) is 16.5 Å². The number of hydrogen-bond acceptors (Lipinski definition) is 4. The quantitative estimate of drug-likeness (QED) is 0.809. The monoisotopic (exact) mass is 281 g/mol. The fourth-order valence-corrected chi connectivity index (χ4v) is 1.79. The van der Waals surface area contributed by atoms with Crippen molar-refractivity contribution in [2.75, 3.05) is 26.7 Å². The Morgan fingerprint density at radius 2 is 2.15 bits per heavy atom. The summed E-state index contributed by atoms with van der Waals surface area (Å²) >= 11 is 0. The van der Waals surface area contributed by atoms with E-state index in [1.165, 1.54) is 17.0 Å². The smallest absolute Gasteiger partial charge is 0.371 e.